The third-order valence-electron chi connectivity index (χ3n) is 5.06. The lowest BCUT2D eigenvalue weighted by Gasteiger charge is -2.35. The van der Waals surface area contributed by atoms with Gasteiger partial charge in [-0.3, -0.25) is 9.59 Å². The Balaban J connectivity index is 2.28. The van der Waals surface area contributed by atoms with Crippen LogP contribution in [-0.4, -0.2) is 22.3 Å². The largest absolute Gasteiger partial charge is 0.711 e. The second-order valence-electron chi connectivity index (χ2n) is 7.38. The molecule has 2 heterocycles. The molecule has 7 nitrogen and oxygen atoms in total. The van der Waals surface area contributed by atoms with Gasteiger partial charge in [-0.1, -0.05) is 0 Å². The van der Waals surface area contributed by atoms with Crippen molar-refractivity contribution in [3.63, 3.8) is 0 Å². The number of esters is 2. The summed E-state index contributed by atoms with van der Waals surface area (Å²) in [6.07, 6.45) is 0. The maximum atomic E-state index is 13.9. The van der Waals surface area contributed by atoms with E-state index in [1.807, 2.05) is 0 Å². The predicted octanol–water partition coefficient (Wildman–Crippen LogP) is 2.28. The molecule has 0 spiro atoms. The number of nitrogens with zero attached hydrogens (tertiary/aromatic N) is 2. The Labute approximate surface area is 164 Å². The van der Waals surface area contributed by atoms with Crippen molar-refractivity contribution in [3.8, 4) is 0 Å². The molecule has 1 aromatic heterocycles. The SMILES string of the molecule is Cc1c(C)[n+]([O-])c([C@H](c2cc(F)c(F)c(F)c2)C2C(=O)OC(C)(C)OC2=O)n1C. The van der Waals surface area contributed by atoms with E-state index in [0.717, 1.165) is 0 Å². The smallest absolute Gasteiger partial charge is 0.324 e. The number of ether oxygens (including phenoxy) is 2. The molecule has 0 radical (unpaired) electrons. The van der Waals surface area contributed by atoms with Gasteiger partial charge in [-0.05, 0) is 17.7 Å². The van der Waals surface area contributed by atoms with Gasteiger partial charge >= 0.3 is 11.9 Å². The minimum Gasteiger partial charge on any atom is -0.711 e. The van der Waals surface area contributed by atoms with Crippen molar-refractivity contribution < 1.29 is 37.0 Å². The molecular formula is C19H19F3N2O5. The van der Waals surface area contributed by atoms with E-state index >= 15 is 0 Å². The number of imidazole rings is 1. The molecule has 2 aromatic rings. The topological polar surface area (TPSA) is 84.5 Å². The number of halogens is 3. The molecular weight excluding hydrogens is 393 g/mol. The zero-order chi connectivity index (χ0) is 21.8. The van der Waals surface area contributed by atoms with Crippen LogP contribution in [0.5, 0.6) is 0 Å². The van der Waals surface area contributed by atoms with Gasteiger partial charge < -0.3 is 14.7 Å². The summed E-state index contributed by atoms with van der Waals surface area (Å²) in [6, 6.07) is 1.28. The molecule has 1 saturated heterocycles. The number of rotatable bonds is 3. The van der Waals surface area contributed by atoms with E-state index in [-0.39, 0.29) is 17.1 Å². The molecule has 0 amide bonds. The van der Waals surface area contributed by atoms with Crippen LogP contribution in [0.1, 0.15) is 42.5 Å². The summed E-state index contributed by atoms with van der Waals surface area (Å²) in [5.74, 6) is -11.7. The van der Waals surface area contributed by atoms with Gasteiger partial charge in [-0.25, -0.2) is 22.5 Å². The van der Waals surface area contributed by atoms with Gasteiger partial charge in [-0.2, -0.15) is 0 Å². The number of benzene rings is 1. The summed E-state index contributed by atoms with van der Waals surface area (Å²) < 4.78 is 53.5. The highest BCUT2D eigenvalue weighted by molar-refractivity contribution is 5.98. The van der Waals surface area contributed by atoms with Crippen molar-refractivity contribution in [1.82, 2.24) is 4.57 Å². The third kappa shape index (κ3) is 3.32. The fourth-order valence-corrected chi connectivity index (χ4v) is 3.45. The maximum Gasteiger partial charge on any atom is 0.324 e. The van der Waals surface area contributed by atoms with Crippen LogP contribution in [0.3, 0.4) is 0 Å². The highest BCUT2D eigenvalue weighted by Crippen LogP contribution is 2.38. The van der Waals surface area contributed by atoms with Gasteiger partial charge in [0.1, 0.15) is 17.3 Å². The van der Waals surface area contributed by atoms with Gasteiger partial charge in [0.2, 0.25) is 0 Å². The first-order valence-corrected chi connectivity index (χ1v) is 8.71. The molecule has 156 valence electrons. The summed E-state index contributed by atoms with van der Waals surface area (Å²) in [7, 11) is 1.50. The molecule has 29 heavy (non-hydrogen) atoms. The summed E-state index contributed by atoms with van der Waals surface area (Å²) >= 11 is 0. The number of hydrogen-bond acceptors (Lipinski definition) is 5. The molecule has 0 bridgehead atoms. The number of cyclic esters (lactones) is 2. The van der Waals surface area contributed by atoms with Crippen molar-refractivity contribution in [3.05, 3.63) is 57.6 Å². The van der Waals surface area contributed by atoms with Crippen LogP contribution in [0.4, 0.5) is 13.2 Å². The van der Waals surface area contributed by atoms with Crippen LogP contribution < -0.4 is 4.73 Å². The molecule has 3 rings (SSSR count). The van der Waals surface area contributed by atoms with Crippen LogP contribution in [0, 0.1) is 42.4 Å². The van der Waals surface area contributed by atoms with Crippen molar-refractivity contribution in [2.45, 2.75) is 39.4 Å². The maximum absolute atomic E-state index is 13.9. The first-order chi connectivity index (χ1) is 13.4. The van der Waals surface area contributed by atoms with Gasteiger partial charge in [0.05, 0.1) is 7.05 Å². The molecule has 0 N–H and O–H groups in total. The van der Waals surface area contributed by atoms with Crippen molar-refractivity contribution in [1.29, 1.82) is 0 Å². The fourth-order valence-electron chi connectivity index (χ4n) is 3.45. The molecule has 0 saturated carbocycles. The number of hydrogen-bond donors (Lipinski definition) is 0. The highest BCUT2D eigenvalue weighted by atomic mass is 19.2. The van der Waals surface area contributed by atoms with Gasteiger partial charge in [0.15, 0.2) is 23.4 Å². The minimum absolute atomic E-state index is 0.149. The molecule has 0 unspecified atom stereocenters. The summed E-state index contributed by atoms with van der Waals surface area (Å²) in [5.41, 5.74) is 0.472. The predicted molar refractivity (Wildman–Crippen MR) is 91.8 cm³/mol. The molecule has 10 heteroatoms. The zero-order valence-corrected chi connectivity index (χ0v) is 16.4. The Morgan fingerprint density at radius 2 is 1.59 bits per heavy atom. The van der Waals surface area contributed by atoms with Gasteiger partial charge in [0.25, 0.3) is 11.6 Å². The van der Waals surface area contributed by atoms with Crippen molar-refractivity contribution >= 4 is 11.9 Å². The van der Waals surface area contributed by atoms with Crippen LogP contribution in [0.2, 0.25) is 0 Å². The van der Waals surface area contributed by atoms with Crippen molar-refractivity contribution in [2.24, 2.45) is 13.0 Å². The molecule has 1 aliphatic heterocycles. The van der Waals surface area contributed by atoms with E-state index in [0.29, 0.717) is 22.6 Å². The summed E-state index contributed by atoms with van der Waals surface area (Å²) in [4.78, 5) is 25.3. The Bertz CT molecular complexity index is 963. The Morgan fingerprint density at radius 3 is 2.00 bits per heavy atom. The van der Waals surface area contributed by atoms with Crippen LogP contribution in [0.15, 0.2) is 12.1 Å². The average Bonchev–Trinajstić information content (AvgIpc) is 2.78. The normalized spacial score (nSPS) is 17.8. The highest BCUT2D eigenvalue weighted by Gasteiger charge is 2.52. The van der Waals surface area contributed by atoms with E-state index < -0.39 is 47.0 Å². The van der Waals surface area contributed by atoms with Crippen molar-refractivity contribution in [2.75, 3.05) is 0 Å². The fraction of sp³-hybridized carbons (Fsp3) is 0.421. The summed E-state index contributed by atoms with van der Waals surface area (Å²) in [5, 5.41) is 12.8. The lowest BCUT2D eigenvalue weighted by atomic mass is 9.84. The first-order valence-electron chi connectivity index (χ1n) is 8.71. The van der Waals surface area contributed by atoms with Gasteiger partial charge in [0, 0.05) is 27.7 Å². The average molecular weight is 412 g/mol. The molecule has 1 fully saturated rings. The lowest BCUT2D eigenvalue weighted by Crippen LogP contribution is -2.50. The molecule has 1 atom stereocenters. The van der Waals surface area contributed by atoms with E-state index in [9.17, 15) is 28.0 Å². The second kappa shape index (κ2) is 6.78. The standard InChI is InChI=1S/C19H19F3N2O5/c1-8-9(2)24(27)16(23(8)5)13(10-6-11(20)15(22)12(21)7-10)14-17(25)28-19(3,4)29-18(14)26/h6-7,13-14H,1-5H3/t13-/m1/s1. The number of carbonyl (C=O) groups is 2. The van der Waals surface area contributed by atoms with E-state index in [1.54, 1.807) is 6.92 Å². The molecule has 0 aliphatic carbocycles. The van der Waals surface area contributed by atoms with E-state index in [4.69, 9.17) is 9.47 Å². The Kier molecular flexibility index (Phi) is 4.84. The third-order valence-corrected chi connectivity index (χ3v) is 5.06. The number of carbonyl (C=O) groups excluding carboxylic acids is 2. The van der Waals surface area contributed by atoms with E-state index in [2.05, 4.69) is 0 Å². The van der Waals surface area contributed by atoms with E-state index in [1.165, 1.54) is 32.4 Å². The monoisotopic (exact) mass is 412 g/mol. The molecule has 1 aliphatic rings. The zero-order valence-electron chi connectivity index (χ0n) is 16.4. The second-order valence-corrected chi connectivity index (χ2v) is 7.38. The quantitative estimate of drug-likeness (QED) is 0.254. The Hall–Kier alpha value is -3.04. The van der Waals surface area contributed by atoms with Crippen LogP contribution in [-0.2, 0) is 26.1 Å². The van der Waals surface area contributed by atoms with Gasteiger partial charge in [-0.15, -0.1) is 0 Å². The summed E-state index contributed by atoms with van der Waals surface area (Å²) in [6.45, 7) is 5.82. The Morgan fingerprint density at radius 1 is 1.10 bits per heavy atom. The van der Waals surface area contributed by atoms with Crippen LogP contribution >= 0.6 is 0 Å². The number of aromatic nitrogens is 2. The molecule has 1 aromatic carbocycles. The lowest BCUT2D eigenvalue weighted by molar-refractivity contribution is -0.621. The minimum atomic E-state index is -1.72. The first kappa shape index (κ1) is 20.7. The van der Waals surface area contributed by atoms with Crippen LogP contribution in [0.25, 0.3) is 0 Å².